The van der Waals surface area contributed by atoms with Crippen molar-refractivity contribution >= 4 is 0 Å². The van der Waals surface area contributed by atoms with E-state index in [0.29, 0.717) is 0 Å². The molecule has 0 aromatic rings. The van der Waals surface area contributed by atoms with Crippen molar-refractivity contribution in [3.05, 3.63) is 48.6 Å². The lowest BCUT2D eigenvalue weighted by atomic mass is 9.93. The Morgan fingerprint density at radius 2 is 1.14 bits per heavy atom. The topological polar surface area (TPSA) is 0 Å². The van der Waals surface area contributed by atoms with Gasteiger partial charge < -0.3 is 0 Å². The lowest BCUT2D eigenvalue weighted by Crippen LogP contribution is -2.05. The number of hydrogen-bond acceptors (Lipinski definition) is 0. The fourth-order valence-corrected chi connectivity index (χ4v) is 1.38. The summed E-state index contributed by atoms with van der Waals surface area (Å²) in [6.45, 7) is 0. The van der Waals surface area contributed by atoms with E-state index in [2.05, 4.69) is 35.8 Å². The summed E-state index contributed by atoms with van der Waals surface area (Å²) in [5, 5.41) is 0. The highest BCUT2D eigenvalue weighted by Crippen LogP contribution is 2.16. The summed E-state index contributed by atoms with van der Waals surface area (Å²) in [7, 11) is 0. The van der Waals surface area contributed by atoms with Crippen LogP contribution in [0.1, 0.15) is 0 Å². The molecule has 0 nitrogen and oxygen atoms in total. The van der Waals surface area contributed by atoms with E-state index in [1.807, 2.05) is 36.5 Å². The summed E-state index contributed by atoms with van der Waals surface area (Å²) >= 11 is 0. The monoisotopic (exact) mass is 178 g/mol. The molecule has 0 spiro atoms. The third kappa shape index (κ3) is 2.06. The zero-order valence-electron chi connectivity index (χ0n) is 7.77. The Labute approximate surface area is 84.7 Å². The number of rotatable bonds is 1. The number of allylic oxidation sites excluding steroid dienone is 8. The Kier molecular flexibility index (Phi) is 2.70. The van der Waals surface area contributed by atoms with Crippen molar-refractivity contribution in [2.75, 3.05) is 0 Å². The molecule has 0 heteroatoms. The van der Waals surface area contributed by atoms with Gasteiger partial charge in [0.2, 0.25) is 0 Å². The smallest absolute Gasteiger partial charge is 0.0562 e. The van der Waals surface area contributed by atoms with E-state index in [1.54, 1.807) is 0 Å². The minimum Gasteiger partial charge on any atom is -0.0893 e. The largest absolute Gasteiger partial charge is 0.0893 e. The zero-order chi connectivity index (χ0) is 9.64. The predicted octanol–water partition coefficient (Wildman–Crippen LogP) is 2.48. The maximum atomic E-state index is 3.17. The second-order valence-corrected chi connectivity index (χ2v) is 3.12. The van der Waals surface area contributed by atoms with E-state index in [0.717, 1.165) is 0 Å². The molecule has 2 rings (SSSR count). The Hall–Kier alpha value is -1.92. The van der Waals surface area contributed by atoms with Gasteiger partial charge in [-0.05, 0) is 12.2 Å². The first-order chi connectivity index (χ1) is 6.97. The molecule has 14 heavy (non-hydrogen) atoms. The fourth-order valence-electron chi connectivity index (χ4n) is 1.38. The predicted molar refractivity (Wildman–Crippen MR) is 59.1 cm³/mol. The van der Waals surface area contributed by atoms with E-state index in [4.69, 9.17) is 0 Å². The van der Waals surface area contributed by atoms with Crippen LogP contribution in [0.2, 0.25) is 0 Å². The Morgan fingerprint density at radius 3 is 1.64 bits per heavy atom. The van der Waals surface area contributed by atoms with Crippen LogP contribution in [0, 0.1) is 35.5 Å². The first-order valence-corrected chi connectivity index (χ1v) is 4.65. The van der Waals surface area contributed by atoms with Crippen LogP contribution in [0.5, 0.6) is 0 Å². The molecule has 0 radical (unpaired) electrons. The van der Waals surface area contributed by atoms with Crippen LogP contribution in [-0.2, 0) is 0 Å². The average molecular weight is 178 g/mol. The van der Waals surface area contributed by atoms with Gasteiger partial charge in [-0.2, -0.15) is 0 Å². The Bertz CT molecular complexity index is 392. The van der Waals surface area contributed by atoms with Gasteiger partial charge in [-0.15, -0.1) is 0 Å². The van der Waals surface area contributed by atoms with Crippen LogP contribution in [-0.4, -0.2) is 0 Å². The maximum absolute atomic E-state index is 3.17. The molecule has 0 heterocycles. The lowest BCUT2D eigenvalue weighted by molar-refractivity contribution is 0.721. The van der Waals surface area contributed by atoms with Crippen LogP contribution in [0.4, 0.5) is 0 Å². The zero-order valence-corrected chi connectivity index (χ0v) is 7.77. The summed E-state index contributed by atoms with van der Waals surface area (Å²) < 4.78 is 0. The van der Waals surface area contributed by atoms with Crippen LogP contribution < -0.4 is 0 Å². The third-order valence-electron chi connectivity index (χ3n) is 2.11. The Balaban J connectivity index is 2.20. The van der Waals surface area contributed by atoms with Crippen molar-refractivity contribution in [2.45, 2.75) is 0 Å². The number of hydrogen-bond donors (Lipinski definition) is 0. The molecule has 0 bridgehead atoms. The normalized spacial score (nSPS) is 26.9. The van der Waals surface area contributed by atoms with E-state index in [9.17, 15) is 0 Å². The molecular weight excluding hydrogens is 168 g/mol. The second kappa shape index (κ2) is 4.35. The van der Waals surface area contributed by atoms with Crippen molar-refractivity contribution in [2.24, 2.45) is 11.8 Å². The summed E-state index contributed by atoms with van der Waals surface area (Å²) in [5.74, 6) is 12.8. The van der Waals surface area contributed by atoms with E-state index < -0.39 is 0 Å². The second-order valence-electron chi connectivity index (χ2n) is 3.12. The molecule has 0 fully saturated rings. The van der Waals surface area contributed by atoms with E-state index >= 15 is 0 Å². The van der Waals surface area contributed by atoms with Crippen molar-refractivity contribution < 1.29 is 0 Å². The average Bonchev–Trinajstić information content (AvgIpc) is 2.62. The molecule has 0 saturated heterocycles. The van der Waals surface area contributed by atoms with Gasteiger partial charge in [0.05, 0.1) is 11.8 Å². The van der Waals surface area contributed by atoms with Crippen molar-refractivity contribution in [3.8, 4) is 23.7 Å². The van der Waals surface area contributed by atoms with E-state index in [1.165, 1.54) is 0 Å². The van der Waals surface area contributed by atoms with Gasteiger partial charge in [-0.25, -0.2) is 0 Å². The summed E-state index contributed by atoms with van der Waals surface area (Å²) in [6.07, 6.45) is 15.9. The first kappa shape index (κ1) is 8.67. The van der Waals surface area contributed by atoms with Gasteiger partial charge in [0.25, 0.3) is 0 Å². The highest BCUT2D eigenvalue weighted by atomic mass is 14.1. The molecule has 2 aliphatic carbocycles. The fraction of sp³-hybridized carbons (Fsp3) is 0.143. The van der Waals surface area contributed by atoms with Gasteiger partial charge >= 0.3 is 0 Å². The van der Waals surface area contributed by atoms with E-state index in [-0.39, 0.29) is 11.8 Å². The molecule has 66 valence electrons. The molecule has 0 saturated carbocycles. The van der Waals surface area contributed by atoms with Crippen LogP contribution in [0.25, 0.3) is 0 Å². The van der Waals surface area contributed by atoms with Gasteiger partial charge in [0.15, 0.2) is 0 Å². The molecule has 0 N–H and O–H groups in total. The summed E-state index contributed by atoms with van der Waals surface area (Å²) in [4.78, 5) is 0. The first-order valence-electron chi connectivity index (χ1n) is 4.65. The maximum Gasteiger partial charge on any atom is 0.0562 e. The standard InChI is InChI=1S/C14H10/c1-2-6-10-13(9-5-1)14-11-7-3-4-8-12-14/h1-5,7,9,11,13-14H. The van der Waals surface area contributed by atoms with Gasteiger partial charge in [-0.3, -0.25) is 0 Å². The molecule has 0 aliphatic heterocycles. The Morgan fingerprint density at radius 1 is 0.643 bits per heavy atom. The molecule has 2 aliphatic rings. The van der Waals surface area contributed by atoms with Crippen molar-refractivity contribution in [1.82, 2.24) is 0 Å². The molecule has 0 amide bonds. The van der Waals surface area contributed by atoms with Crippen molar-refractivity contribution in [1.29, 1.82) is 0 Å². The molecule has 0 aromatic carbocycles. The molecule has 0 aromatic heterocycles. The van der Waals surface area contributed by atoms with Gasteiger partial charge in [0, 0.05) is 0 Å². The van der Waals surface area contributed by atoms with Crippen LogP contribution in [0.15, 0.2) is 48.6 Å². The molecule has 2 atom stereocenters. The third-order valence-corrected chi connectivity index (χ3v) is 2.11. The molecular formula is C14H10. The van der Waals surface area contributed by atoms with Crippen LogP contribution in [0.3, 0.4) is 0 Å². The summed E-state index contributed by atoms with van der Waals surface area (Å²) in [6, 6.07) is 0. The summed E-state index contributed by atoms with van der Waals surface area (Å²) in [5.41, 5.74) is 0. The SMILES string of the molecule is C1#CC(C2C#CC=CC=C2)C=CC=C1. The molecule has 2 unspecified atom stereocenters. The van der Waals surface area contributed by atoms with Crippen molar-refractivity contribution in [3.63, 3.8) is 0 Å². The highest BCUT2D eigenvalue weighted by Gasteiger charge is 2.11. The quantitative estimate of drug-likeness (QED) is 0.541. The highest BCUT2D eigenvalue weighted by molar-refractivity contribution is 5.35. The van der Waals surface area contributed by atoms with Crippen LogP contribution >= 0.6 is 0 Å². The minimum absolute atomic E-state index is 0.216. The van der Waals surface area contributed by atoms with Gasteiger partial charge in [-0.1, -0.05) is 60.1 Å². The van der Waals surface area contributed by atoms with Gasteiger partial charge in [0.1, 0.15) is 0 Å². The minimum atomic E-state index is 0.216. The lowest BCUT2D eigenvalue weighted by Gasteiger charge is -2.08.